The lowest BCUT2D eigenvalue weighted by Gasteiger charge is -2.44. The molecule has 3 aromatic rings. The zero-order chi connectivity index (χ0) is 30.2. The zero-order valence-electron chi connectivity index (χ0n) is 24.0. The van der Waals surface area contributed by atoms with Gasteiger partial charge in [0.2, 0.25) is 11.8 Å². The smallest absolute Gasteiger partial charge is 0.235 e. The van der Waals surface area contributed by atoms with E-state index in [4.69, 9.17) is 4.74 Å². The molecule has 4 atom stereocenters. The minimum absolute atomic E-state index is 0.0918. The minimum Gasteiger partial charge on any atom is -0.503 e. The Labute approximate surface area is 248 Å². The van der Waals surface area contributed by atoms with Gasteiger partial charge in [-0.25, -0.2) is 0 Å². The fourth-order valence-electron chi connectivity index (χ4n) is 5.76. The summed E-state index contributed by atoms with van der Waals surface area (Å²) in [4.78, 5) is 41.6. The Hall–Kier alpha value is -3.69. The number of ketones is 1. The predicted molar refractivity (Wildman–Crippen MR) is 161 cm³/mol. The van der Waals surface area contributed by atoms with Crippen molar-refractivity contribution in [1.82, 2.24) is 0 Å². The van der Waals surface area contributed by atoms with Gasteiger partial charge in [-0.15, -0.1) is 0 Å². The summed E-state index contributed by atoms with van der Waals surface area (Å²) in [7, 11) is 1.38. The van der Waals surface area contributed by atoms with Crippen molar-refractivity contribution in [1.29, 1.82) is 0 Å². The van der Waals surface area contributed by atoms with Gasteiger partial charge in [-0.2, -0.15) is 0 Å². The maximum absolute atomic E-state index is 14.0. The molecule has 4 rings (SSSR count). The lowest BCUT2D eigenvalue weighted by Crippen LogP contribution is -2.56. The number of carbonyl (C=O) groups is 3. The van der Waals surface area contributed by atoms with E-state index in [0.717, 1.165) is 22.3 Å². The normalized spacial score (nSPS) is 22.2. The van der Waals surface area contributed by atoms with Gasteiger partial charge in [0, 0.05) is 23.7 Å². The van der Waals surface area contributed by atoms with Crippen molar-refractivity contribution < 1.29 is 29.3 Å². The summed E-state index contributed by atoms with van der Waals surface area (Å²) in [5.41, 5.74) is 3.41. The lowest BCUT2D eigenvalue weighted by molar-refractivity contribution is -0.150. The van der Waals surface area contributed by atoms with Crippen molar-refractivity contribution in [2.24, 2.45) is 11.8 Å². The number of aromatic hydroxyl groups is 1. The van der Waals surface area contributed by atoms with Crippen LogP contribution >= 0.6 is 15.9 Å². The number of Topliss-reactive ketones (excluding diaryl/α,β-unsaturated/α-hetero) is 1. The summed E-state index contributed by atoms with van der Waals surface area (Å²) in [6, 6.07) is 14.2. The number of hydrogen-bond donors (Lipinski definition) is 4. The highest BCUT2D eigenvalue weighted by Gasteiger charge is 2.56. The molecule has 0 heterocycles. The summed E-state index contributed by atoms with van der Waals surface area (Å²) >= 11 is 3.32. The average molecular weight is 624 g/mol. The lowest BCUT2D eigenvalue weighted by atomic mass is 9.61. The van der Waals surface area contributed by atoms with Crippen molar-refractivity contribution in [3.63, 3.8) is 0 Å². The van der Waals surface area contributed by atoms with Crippen LogP contribution in [-0.2, 0) is 14.4 Å². The number of hydrogen-bond acceptors (Lipinski definition) is 6. The maximum Gasteiger partial charge on any atom is 0.235 e. The topological polar surface area (TPSA) is 125 Å². The van der Waals surface area contributed by atoms with Crippen molar-refractivity contribution >= 4 is 44.9 Å². The molecule has 0 aliphatic heterocycles. The number of phenolic OH excluding ortho intramolecular Hbond substituents is 1. The van der Waals surface area contributed by atoms with Crippen LogP contribution in [0, 0.1) is 39.5 Å². The van der Waals surface area contributed by atoms with Gasteiger partial charge in [0.1, 0.15) is 11.7 Å². The Bertz CT molecular complexity index is 1530. The molecule has 0 radical (unpaired) electrons. The number of benzene rings is 3. The van der Waals surface area contributed by atoms with E-state index in [1.807, 2.05) is 52.0 Å². The SMILES string of the molecule is COc1cc(C2C(C(=O)Nc3ccc(C)cc3C)C(=O)CC(C)(O)C2C(=O)Nc2ccc(C)cc2C)cc(Br)c1O. The third-order valence-electron chi connectivity index (χ3n) is 7.77. The number of anilines is 2. The number of carbonyl (C=O) groups excluding carboxylic acids is 3. The molecular formula is C32H35BrN2O6. The van der Waals surface area contributed by atoms with Gasteiger partial charge in [0.25, 0.3) is 0 Å². The fraction of sp³-hybridized carbons (Fsp3) is 0.344. The molecule has 0 aromatic heterocycles. The molecule has 1 aliphatic carbocycles. The second-order valence-corrected chi connectivity index (χ2v) is 12.0. The summed E-state index contributed by atoms with van der Waals surface area (Å²) in [6.07, 6.45) is -0.393. The first-order chi connectivity index (χ1) is 19.2. The van der Waals surface area contributed by atoms with Crippen molar-refractivity contribution in [3.8, 4) is 11.5 Å². The molecule has 9 heteroatoms. The van der Waals surface area contributed by atoms with E-state index in [1.165, 1.54) is 20.1 Å². The molecular weight excluding hydrogens is 588 g/mol. The Balaban J connectivity index is 1.85. The molecule has 4 N–H and O–H groups in total. The van der Waals surface area contributed by atoms with Gasteiger partial charge in [-0.05, 0) is 91.5 Å². The second kappa shape index (κ2) is 11.7. The standard InChI is InChI=1S/C32H35BrN2O6/c1-16-7-9-22(18(3)11-16)34-30(38)27-24(36)15-32(5,40)28(31(39)35-23-10-8-17(2)12-19(23)4)26(27)20-13-21(33)29(37)25(14-20)41-6/h7-14,26-28,37,40H,15H2,1-6H3,(H,34,38)(H,35,39). The first kappa shape index (κ1) is 30.3. The summed E-state index contributed by atoms with van der Waals surface area (Å²) in [6.45, 7) is 9.05. The molecule has 3 aromatic carbocycles. The molecule has 8 nitrogen and oxygen atoms in total. The van der Waals surface area contributed by atoms with Gasteiger partial charge >= 0.3 is 0 Å². The molecule has 4 unspecified atom stereocenters. The van der Waals surface area contributed by atoms with E-state index in [0.29, 0.717) is 16.9 Å². The quantitative estimate of drug-likeness (QED) is 0.261. The Kier molecular flexibility index (Phi) is 8.61. The largest absolute Gasteiger partial charge is 0.503 e. The van der Waals surface area contributed by atoms with Crippen molar-refractivity contribution in [2.45, 2.75) is 52.6 Å². The Morgan fingerprint density at radius 3 is 1.98 bits per heavy atom. The average Bonchev–Trinajstić information content (AvgIpc) is 2.87. The van der Waals surface area contributed by atoms with Crippen molar-refractivity contribution in [3.05, 3.63) is 80.8 Å². The maximum atomic E-state index is 14.0. The molecule has 1 aliphatic rings. The number of methoxy groups -OCH3 is 1. The molecule has 41 heavy (non-hydrogen) atoms. The fourth-order valence-corrected chi connectivity index (χ4v) is 6.22. The number of aryl methyl sites for hydroxylation is 4. The molecule has 0 bridgehead atoms. The van der Waals surface area contributed by atoms with Gasteiger partial charge in [-0.3, -0.25) is 14.4 Å². The van der Waals surface area contributed by atoms with E-state index in [1.54, 1.807) is 18.2 Å². The minimum atomic E-state index is -1.78. The number of phenols is 1. The molecule has 0 saturated heterocycles. The number of amides is 2. The van der Waals surface area contributed by atoms with E-state index >= 15 is 0 Å². The van der Waals surface area contributed by atoms with E-state index in [2.05, 4.69) is 26.6 Å². The van der Waals surface area contributed by atoms with Crippen LogP contribution in [0.5, 0.6) is 11.5 Å². The first-order valence-corrected chi connectivity index (χ1v) is 14.1. The monoisotopic (exact) mass is 622 g/mol. The predicted octanol–water partition coefficient (Wildman–Crippen LogP) is 5.71. The van der Waals surface area contributed by atoms with Crippen LogP contribution in [0.4, 0.5) is 11.4 Å². The highest BCUT2D eigenvalue weighted by molar-refractivity contribution is 9.10. The number of rotatable bonds is 6. The third kappa shape index (κ3) is 6.16. The molecule has 1 saturated carbocycles. The van der Waals surface area contributed by atoms with E-state index in [9.17, 15) is 24.6 Å². The molecule has 2 amide bonds. The highest BCUT2D eigenvalue weighted by atomic mass is 79.9. The van der Waals surface area contributed by atoms with Gasteiger partial charge < -0.3 is 25.6 Å². The second-order valence-electron chi connectivity index (χ2n) is 11.2. The van der Waals surface area contributed by atoms with E-state index < -0.39 is 47.4 Å². The van der Waals surface area contributed by atoms with Gasteiger partial charge in [0.15, 0.2) is 11.5 Å². The molecule has 0 spiro atoms. The van der Waals surface area contributed by atoms with Crippen LogP contribution in [0.1, 0.15) is 47.1 Å². The van der Waals surface area contributed by atoms with Crippen LogP contribution in [0.15, 0.2) is 53.0 Å². The van der Waals surface area contributed by atoms with Gasteiger partial charge in [0.05, 0.1) is 23.1 Å². The zero-order valence-corrected chi connectivity index (χ0v) is 25.5. The molecule has 216 valence electrons. The number of halogens is 1. The summed E-state index contributed by atoms with van der Waals surface area (Å²) in [5.74, 6) is -5.31. The first-order valence-electron chi connectivity index (χ1n) is 13.3. The Morgan fingerprint density at radius 2 is 1.46 bits per heavy atom. The molecule has 1 fully saturated rings. The van der Waals surface area contributed by atoms with E-state index in [-0.39, 0.29) is 16.0 Å². The van der Waals surface area contributed by atoms with Crippen LogP contribution in [0.3, 0.4) is 0 Å². The Morgan fingerprint density at radius 1 is 0.927 bits per heavy atom. The number of ether oxygens (including phenoxy) is 1. The van der Waals surface area contributed by atoms with Crippen LogP contribution in [0.25, 0.3) is 0 Å². The van der Waals surface area contributed by atoms with Crippen molar-refractivity contribution in [2.75, 3.05) is 17.7 Å². The van der Waals surface area contributed by atoms with Crippen LogP contribution in [-0.4, -0.2) is 40.5 Å². The summed E-state index contributed by atoms with van der Waals surface area (Å²) in [5, 5.41) is 27.9. The number of nitrogens with one attached hydrogen (secondary N) is 2. The number of aliphatic hydroxyl groups is 1. The van der Waals surface area contributed by atoms with Crippen LogP contribution in [0.2, 0.25) is 0 Å². The summed E-state index contributed by atoms with van der Waals surface area (Å²) < 4.78 is 5.60. The highest BCUT2D eigenvalue weighted by Crippen LogP contribution is 2.49. The van der Waals surface area contributed by atoms with Gasteiger partial charge in [-0.1, -0.05) is 35.4 Å². The third-order valence-corrected chi connectivity index (χ3v) is 8.37. The van der Waals surface area contributed by atoms with Crippen LogP contribution < -0.4 is 15.4 Å².